The predicted molar refractivity (Wildman–Crippen MR) is 118 cm³/mol. The van der Waals surface area contributed by atoms with Gasteiger partial charge >= 0.3 is 5.97 Å². The van der Waals surface area contributed by atoms with E-state index in [0.717, 1.165) is 35.7 Å². The van der Waals surface area contributed by atoms with E-state index in [9.17, 15) is 4.79 Å². The van der Waals surface area contributed by atoms with E-state index in [4.69, 9.17) is 4.74 Å². The van der Waals surface area contributed by atoms with E-state index in [1.807, 2.05) is 30.8 Å². The van der Waals surface area contributed by atoms with Crippen LogP contribution in [0.4, 0.5) is 0 Å². The molecule has 2 aromatic rings. The van der Waals surface area contributed by atoms with Crippen LogP contribution in [-0.4, -0.2) is 24.0 Å². The van der Waals surface area contributed by atoms with Crippen LogP contribution >= 0.6 is 23.5 Å². The monoisotopic (exact) mass is 409 g/mol. The van der Waals surface area contributed by atoms with Gasteiger partial charge in [0.2, 0.25) is 0 Å². The van der Waals surface area contributed by atoms with Crippen LogP contribution in [0.3, 0.4) is 0 Å². The van der Waals surface area contributed by atoms with Gasteiger partial charge in [0.25, 0.3) is 0 Å². The minimum atomic E-state index is -0.170. The molecular formula is C23H23NO2S2. The van der Waals surface area contributed by atoms with Crippen LogP contribution in [0.15, 0.2) is 76.3 Å². The molecule has 0 amide bonds. The number of nitrogens with zero attached hydrogens (tertiary/aromatic N) is 1. The molecule has 0 radical (unpaired) electrons. The van der Waals surface area contributed by atoms with Gasteiger partial charge in [-0.05, 0) is 30.9 Å². The summed E-state index contributed by atoms with van der Waals surface area (Å²) in [5, 5.41) is 2.30. The summed E-state index contributed by atoms with van der Waals surface area (Å²) in [6.45, 7) is 3.22. The van der Waals surface area contributed by atoms with Crippen molar-refractivity contribution >= 4 is 34.4 Å². The van der Waals surface area contributed by atoms with E-state index < -0.39 is 0 Å². The third-order valence-electron chi connectivity index (χ3n) is 4.73. The Kier molecular flexibility index (Phi) is 6.13. The zero-order valence-electron chi connectivity index (χ0n) is 15.9. The fraction of sp³-hybridized carbons (Fsp3) is 0.261. The topological polar surface area (TPSA) is 29.5 Å². The third kappa shape index (κ3) is 4.01. The number of thioether (sulfide) groups is 2. The first-order valence-electron chi connectivity index (χ1n) is 9.60. The van der Waals surface area contributed by atoms with Crippen LogP contribution in [0.2, 0.25) is 0 Å². The Hall–Kier alpha value is -2.11. The summed E-state index contributed by atoms with van der Waals surface area (Å²) in [5.74, 6) is 0.738. The van der Waals surface area contributed by atoms with E-state index in [1.165, 1.54) is 21.1 Å². The molecule has 0 unspecified atom stereocenters. The zero-order chi connectivity index (χ0) is 19.3. The van der Waals surface area contributed by atoms with Crippen LogP contribution in [-0.2, 0) is 15.3 Å². The molecule has 0 saturated heterocycles. The molecule has 0 spiro atoms. The summed E-state index contributed by atoms with van der Waals surface area (Å²) in [4.78, 5) is 16.1. The number of hydrogen-bond donors (Lipinski definition) is 0. The molecule has 0 atom stereocenters. The first-order valence-corrected chi connectivity index (χ1v) is 11.4. The van der Waals surface area contributed by atoms with E-state index in [0.29, 0.717) is 6.61 Å². The van der Waals surface area contributed by atoms with E-state index >= 15 is 0 Å². The molecule has 2 aliphatic rings. The van der Waals surface area contributed by atoms with Gasteiger partial charge in [0.05, 0.1) is 27.1 Å². The molecule has 2 aliphatic heterocycles. The normalized spacial score (nSPS) is 16.4. The lowest BCUT2D eigenvalue weighted by atomic mass is 10.1. The van der Waals surface area contributed by atoms with Crippen molar-refractivity contribution in [3.8, 4) is 0 Å². The van der Waals surface area contributed by atoms with E-state index in [1.54, 1.807) is 11.8 Å². The maximum Gasteiger partial charge on any atom is 0.336 e. The second-order valence-corrected chi connectivity index (χ2v) is 8.60. The molecule has 0 N–H and O–H groups in total. The number of carbonyl (C=O) groups is 1. The Bertz CT molecular complexity index is 907. The van der Waals surface area contributed by atoms with Crippen LogP contribution in [0.1, 0.15) is 30.9 Å². The van der Waals surface area contributed by atoms with Crippen molar-refractivity contribution in [2.45, 2.75) is 25.5 Å². The molecule has 144 valence electrons. The minimum Gasteiger partial charge on any atom is -0.463 e. The second-order valence-electron chi connectivity index (χ2n) is 6.64. The largest absolute Gasteiger partial charge is 0.463 e. The summed E-state index contributed by atoms with van der Waals surface area (Å²) in [7, 11) is 0. The number of hydrogen-bond acceptors (Lipinski definition) is 5. The lowest BCUT2D eigenvalue weighted by Gasteiger charge is -2.28. The van der Waals surface area contributed by atoms with Crippen LogP contribution in [0.25, 0.3) is 4.91 Å². The molecule has 4 rings (SSSR count). The molecule has 0 saturated carbocycles. The predicted octanol–water partition coefficient (Wildman–Crippen LogP) is 5.86. The van der Waals surface area contributed by atoms with Crippen molar-refractivity contribution in [3.05, 3.63) is 87.4 Å². The summed E-state index contributed by atoms with van der Waals surface area (Å²) < 4.78 is 5.33. The standard InChI is InChI=1S/C23H23NO2S2/c1-2-26-23(25)19-14-9-15-24-21(19)28-20(18-12-7-4-8-13-18)22(24)27-16-17-10-5-3-6-11-17/h3-8,10-13H,2,9,14-16H2,1H3. The van der Waals surface area contributed by atoms with Crippen molar-refractivity contribution in [2.75, 3.05) is 13.2 Å². The lowest BCUT2D eigenvalue weighted by Crippen LogP contribution is -2.26. The lowest BCUT2D eigenvalue weighted by molar-refractivity contribution is -0.138. The van der Waals surface area contributed by atoms with Gasteiger partial charge in [0, 0.05) is 12.3 Å². The molecule has 5 heteroatoms. The Balaban J connectivity index is 1.69. The maximum atomic E-state index is 12.5. The SMILES string of the molecule is CCOC(=O)C1=C2SC(c3ccccc3)=C(SCc3ccccc3)N2CCC1. The fourth-order valence-corrected chi connectivity index (χ4v) is 6.10. The maximum absolute atomic E-state index is 12.5. The average Bonchev–Trinajstić information content (AvgIpc) is 3.12. The molecular weight excluding hydrogens is 386 g/mol. The number of rotatable bonds is 6. The highest BCUT2D eigenvalue weighted by molar-refractivity contribution is 8.14. The summed E-state index contributed by atoms with van der Waals surface area (Å²) in [6.07, 6.45) is 1.76. The number of benzene rings is 2. The van der Waals surface area contributed by atoms with Crippen molar-refractivity contribution < 1.29 is 9.53 Å². The number of esters is 1. The summed E-state index contributed by atoms with van der Waals surface area (Å²) in [5.41, 5.74) is 3.33. The molecule has 28 heavy (non-hydrogen) atoms. The quantitative estimate of drug-likeness (QED) is 0.557. The molecule has 0 bridgehead atoms. The van der Waals surface area contributed by atoms with Crippen LogP contribution < -0.4 is 0 Å². The van der Waals surface area contributed by atoms with Crippen LogP contribution in [0, 0.1) is 0 Å². The van der Waals surface area contributed by atoms with Crippen LogP contribution in [0.5, 0.6) is 0 Å². The first-order chi connectivity index (χ1) is 13.8. The highest BCUT2D eigenvalue weighted by Crippen LogP contribution is 2.53. The minimum absolute atomic E-state index is 0.170. The molecule has 2 heterocycles. The molecule has 3 nitrogen and oxygen atoms in total. The first kappa shape index (κ1) is 19.2. The van der Waals surface area contributed by atoms with Gasteiger partial charge in [-0.2, -0.15) is 0 Å². The highest BCUT2D eigenvalue weighted by atomic mass is 32.2. The van der Waals surface area contributed by atoms with Gasteiger partial charge < -0.3 is 9.64 Å². The smallest absolute Gasteiger partial charge is 0.336 e. The molecule has 0 aromatic heterocycles. The third-order valence-corrected chi connectivity index (χ3v) is 7.32. The highest BCUT2D eigenvalue weighted by Gasteiger charge is 2.36. The van der Waals surface area contributed by atoms with E-state index in [-0.39, 0.29) is 5.97 Å². The van der Waals surface area contributed by atoms with E-state index in [2.05, 4.69) is 53.4 Å². The van der Waals surface area contributed by atoms with Crippen molar-refractivity contribution in [1.29, 1.82) is 0 Å². The summed E-state index contributed by atoms with van der Waals surface area (Å²) in [6, 6.07) is 21.0. The second kappa shape index (κ2) is 8.93. The van der Waals surface area contributed by atoms with Gasteiger partial charge in [0.1, 0.15) is 0 Å². The van der Waals surface area contributed by atoms with Gasteiger partial charge in [0.15, 0.2) is 0 Å². The molecule has 0 fully saturated rings. The van der Waals surface area contributed by atoms with Gasteiger partial charge in [-0.25, -0.2) is 4.79 Å². The number of ether oxygens (including phenoxy) is 1. The Morgan fingerprint density at radius 1 is 1.11 bits per heavy atom. The molecule has 0 aliphatic carbocycles. The summed E-state index contributed by atoms with van der Waals surface area (Å²) >= 11 is 3.57. The van der Waals surface area contributed by atoms with Gasteiger partial charge in [-0.15, -0.1) is 11.8 Å². The van der Waals surface area contributed by atoms with Gasteiger partial charge in [-0.1, -0.05) is 72.4 Å². The van der Waals surface area contributed by atoms with Crippen molar-refractivity contribution in [2.24, 2.45) is 0 Å². The van der Waals surface area contributed by atoms with Crippen molar-refractivity contribution in [3.63, 3.8) is 0 Å². The number of carbonyl (C=O) groups excluding carboxylic acids is 1. The fourth-order valence-electron chi connectivity index (χ4n) is 3.41. The Morgan fingerprint density at radius 2 is 1.82 bits per heavy atom. The van der Waals surface area contributed by atoms with Crippen molar-refractivity contribution in [1.82, 2.24) is 4.90 Å². The Labute approximate surface area is 174 Å². The molecule has 2 aromatic carbocycles. The average molecular weight is 410 g/mol. The zero-order valence-corrected chi connectivity index (χ0v) is 17.5. The number of fused-ring (bicyclic) bond motifs is 1. The Morgan fingerprint density at radius 3 is 2.54 bits per heavy atom. The van der Waals surface area contributed by atoms with Gasteiger partial charge in [-0.3, -0.25) is 0 Å².